The van der Waals surface area contributed by atoms with Gasteiger partial charge in [0, 0.05) is 25.2 Å². The van der Waals surface area contributed by atoms with Crippen molar-refractivity contribution in [3.05, 3.63) is 35.4 Å². The molecule has 0 aromatic heterocycles. The van der Waals surface area contributed by atoms with E-state index in [-0.39, 0.29) is 26.2 Å². The number of ether oxygens (including phenoxy) is 3. The Morgan fingerprint density at radius 2 is 1.07 bits per heavy atom. The Hall–Kier alpha value is -4.78. The summed E-state index contributed by atoms with van der Waals surface area (Å²) in [5.74, 6) is 0.537. The Balaban J connectivity index is 3.07. The number of carbonyl (C=O) groups excluding carboxylic acids is 6. The lowest BCUT2D eigenvalue weighted by Crippen LogP contribution is -2.58. The molecule has 0 fully saturated rings. The van der Waals surface area contributed by atoms with Crippen molar-refractivity contribution in [1.82, 2.24) is 31.9 Å². The van der Waals surface area contributed by atoms with Crippen LogP contribution in [-0.4, -0.2) is 99.1 Å². The molecular weight excluding hydrogens is 725 g/mol. The summed E-state index contributed by atoms with van der Waals surface area (Å²) >= 11 is 0. The smallest absolute Gasteiger partial charge is 0.408 e. The molecule has 0 aliphatic heterocycles. The molecule has 0 aliphatic rings. The van der Waals surface area contributed by atoms with Gasteiger partial charge in [0.05, 0.1) is 12.5 Å². The number of hydrogen-bond acceptors (Lipinski definition) is 9. The topological polar surface area (TPSA) is 202 Å². The van der Waals surface area contributed by atoms with Crippen LogP contribution in [0.4, 0.5) is 14.4 Å². The van der Waals surface area contributed by atoms with E-state index in [1.54, 1.807) is 69.2 Å². The molecule has 0 radical (unpaired) electrons. The summed E-state index contributed by atoms with van der Waals surface area (Å²) in [6.07, 6.45) is -1.17. The van der Waals surface area contributed by atoms with Crippen molar-refractivity contribution in [2.45, 2.75) is 131 Å². The number of nitrogens with one attached hydrogen (secondary N) is 6. The first-order valence-corrected chi connectivity index (χ1v) is 22.0. The third-order valence-electron chi connectivity index (χ3n) is 6.85. The summed E-state index contributed by atoms with van der Waals surface area (Å²) in [6.45, 7) is 22.7. The van der Waals surface area contributed by atoms with Crippen molar-refractivity contribution < 1.29 is 43.0 Å². The van der Waals surface area contributed by atoms with E-state index < -0.39 is 78.9 Å². The highest BCUT2D eigenvalue weighted by Gasteiger charge is 2.29. The zero-order chi connectivity index (χ0) is 42.2. The average Bonchev–Trinajstić information content (AvgIpc) is 3.02. The second-order valence-electron chi connectivity index (χ2n) is 17.3. The Morgan fingerprint density at radius 1 is 0.618 bits per heavy atom. The summed E-state index contributed by atoms with van der Waals surface area (Å²) in [5, 5.41) is 15.5. The number of amides is 6. The molecular formula is C39H64N6O9Si. The standard InChI is InChI=1S/C39H64N6O9Si/c1-26(23-42-34(49)52-37(2,3)4)31(46)44-29(32(47)40-21-14-15-27-16-18-28(19-17-27)20-22-55(11,12)13)24-41-33(48)30(45-36(51)54-39(8,9)10)25-43-35(50)53-38(5,6)7/h16-19,26,29-30H,14-15,21,23-25H2,1-13H3,(H,40,47)(H,41,48)(H,42,49)(H,43,50)(H,44,46)(H,45,51). The third kappa shape index (κ3) is 23.6. The number of hydrogen-bond donors (Lipinski definition) is 6. The van der Waals surface area contributed by atoms with Crippen molar-refractivity contribution in [3.8, 4) is 11.5 Å². The predicted molar refractivity (Wildman–Crippen MR) is 214 cm³/mol. The number of alkyl carbamates (subject to hydrolysis) is 3. The minimum atomic E-state index is -1.50. The summed E-state index contributed by atoms with van der Waals surface area (Å²) in [5.41, 5.74) is 2.93. The minimum Gasteiger partial charge on any atom is -0.444 e. The molecule has 0 saturated carbocycles. The summed E-state index contributed by atoms with van der Waals surface area (Å²) < 4.78 is 15.8. The maximum absolute atomic E-state index is 13.5. The van der Waals surface area contributed by atoms with Crippen molar-refractivity contribution in [1.29, 1.82) is 0 Å². The molecule has 1 aromatic carbocycles. The predicted octanol–water partition coefficient (Wildman–Crippen LogP) is 4.14. The molecule has 308 valence electrons. The van der Waals surface area contributed by atoms with Gasteiger partial charge < -0.3 is 46.1 Å². The molecule has 0 heterocycles. The third-order valence-corrected chi connectivity index (χ3v) is 7.72. The molecule has 15 nitrogen and oxygen atoms in total. The van der Waals surface area contributed by atoms with E-state index in [1.165, 1.54) is 0 Å². The van der Waals surface area contributed by atoms with Gasteiger partial charge in [0.1, 0.15) is 37.0 Å². The fourth-order valence-corrected chi connectivity index (χ4v) is 4.81. The van der Waals surface area contributed by atoms with E-state index in [4.69, 9.17) is 14.2 Å². The van der Waals surface area contributed by atoms with E-state index >= 15 is 0 Å². The molecule has 16 heteroatoms. The van der Waals surface area contributed by atoms with Crippen LogP contribution in [0, 0.1) is 17.4 Å². The van der Waals surface area contributed by atoms with Crippen molar-refractivity contribution in [2.24, 2.45) is 5.92 Å². The van der Waals surface area contributed by atoms with Gasteiger partial charge in [-0.2, -0.15) is 0 Å². The van der Waals surface area contributed by atoms with E-state index in [9.17, 15) is 28.8 Å². The maximum atomic E-state index is 13.5. The SMILES string of the molecule is CC(CNC(=O)OC(C)(C)C)C(=O)NC(CNC(=O)C(CNC(=O)OC(C)(C)C)NC(=O)OC(C)(C)C)C(=O)NCCCc1ccc(C#C[Si](C)(C)C)cc1. The average molecular weight is 789 g/mol. The molecule has 55 heavy (non-hydrogen) atoms. The van der Waals surface area contributed by atoms with Crippen LogP contribution in [0.5, 0.6) is 0 Å². The Morgan fingerprint density at radius 3 is 1.58 bits per heavy atom. The van der Waals surface area contributed by atoms with Gasteiger partial charge in [-0.1, -0.05) is 44.6 Å². The van der Waals surface area contributed by atoms with Gasteiger partial charge in [0.25, 0.3) is 0 Å². The fraction of sp³-hybridized carbons (Fsp3) is 0.641. The number of aryl methyl sites for hydroxylation is 1. The molecule has 3 atom stereocenters. The molecule has 1 rings (SSSR count). The highest BCUT2D eigenvalue weighted by molar-refractivity contribution is 6.83. The van der Waals surface area contributed by atoms with Gasteiger partial charge in [0.2, 0.25) is 17.7 Å². The first-order chi connectivity index (χ1) is 25.1. The quantitative estimate of drug-likeness (QED) is 0.0654. The van der Waals surface area contributed by atoms with Crippen LogP contribution in [0.3, 0.4) is 0 Å². The lowest BCUT2D eigenvalue weighted by Gasteiger charge is -2.26. The minimum absolute atomic E-state index is 0.0812. The Bertz CT molecular complexity index is 1530. The van der Waals surface area contributed by atoms with Gasteiger partial charge in [-0.05, 0) is 92.9 Å². The zero-order valence-corrected chi connectivity index (χ0v) is 36.0. The lowest BCUT2D eigenvalue weighted by atomic mass is 10.1. The van der Waals surface area contributed by atoms with Gasteiger partial charge in [-0.3, -0.25) is 14.4 Å². The van der Waals surface area contributed by atoms with Crippen molar-refractivity contribution in [3.63, 3.8) is 0 Å². The van der Waals surface area contributed by atoms with Crippen LogP contribution in [0.2, 0.25) is 19.6 Å². The largest absolute Gasteiger partial charge is 0.444 e. The summed E-state index contributed by atoms with van der Waals surface area (Å²) in [4.78, 5) is 77.2. The molecule has 0 saturated heterocycles. The first kappa shape index (κ1) is 48.2. The number of benzene rings is 1. The molecule has 0 aliphatic carbocycles. The second kappa shape index (κ2) is 21.3. The van der Waals surface area contributed by atoms with Crippen molar-refractivity contribution in [2.75, 3.05) is 26.2 Å². The summed E-state index contributed by atoms with van der Waals surface area (Å²) in [6, 6.07) is 5.36. The first-order valence-electron chi connectivity index (χ1n) is 18.5. The van der Waals surface area contributed by atoms with Crippen LogP contribution in [0.1, 0.15) is 86.8 Å². The highest BCUT2D eigenvalue weighted by atomic mass is 28.3. The Labute approximate surface area is 327 Å². The van der Waals surface area contributed by atoms with Crippen LogP contribution in [-0.2, 0) is 35.0 Å². The Kier molecular flexibility index (Phi) is 18.7. The maximum Gasteiger partial charge on any atom is 0.408 e. The van der Waals surface area contributed by atoms with Gasteiger partial charge in [-0.15, -0.1) is 5.54 Å². The van der Waals surface area contributed by atoms with E-state index in [2.05, 4.69) is 63.0 Å². The van der Waals surface area contributed by atoms with Crippen LogP contribution in [0.25, 0.3) is 0 Å². The lowest BCUT2D eigenvalue weighted by molar-refractivity contribution is -0.131. The van der Waals surface area contributed by atoms with E-state index in [1.807, 2.05) is 24.3 Å². The molecule has 0 bridgehead atoms. The second-order valence-corrected chi connectivity index (χ2v) is 22.0. The van der Waals surface area contributed by atoms with E-state index in [0.717, 1.165) is 11.1 Å². The van der Waals surface area contributed by atoms with Crippen LogP contribution >= 0.6 is 0 Å². The zero-order valence-electron chi connectivity index (χ0n) is 35.0. The molecule has 1 aromatic rings. The fourth-order valence-electron chi connectivity index (χ4n) is 4.29. The molecule has 6 N–H and O–H groups in total. The highest BCUT2D eigenvalue weighted by Crippen LogP contribution is 2.10. The van der Waals surface area contributed by atoms with Crippen LogP contribution < -0.4 is 31.9 Å². The molecule has 0 spiro atoms. The summed E-state index contributed by atoms with van der Waals surface area (Å²) in [7, 11) is -1.50. The molecule has 3 unspecified atom stereocenters. The monoisotopic (exact) mass is 788 g/mol. The van der Waals surface area contributed by atoms with Gasteiger partial charge >= 0.3 is 18.3 Å². The van der Waals surface area contributed by atoms with Crippen molar-refractivity contribution >= 4 is 44.1 Å². The number of rotatable bonds is 15. The van der Waals surface area contributed by atoms with Gasteiger partial charge in [-0.25, -0.2) is 14.4 Å². The van der Waals surface area contributed by atoms with E-state index in [0.29, 0.717) is 12.8 Å². The van der Waals surface area contributed by atoms with Gasteiger partial charge in [0.15, 0.2) is 0 Å². The number of carbonyl (C=O) groups is 6. The normalized spacial score (nSPS) is 13.3. The molecule has 6 amide bonds. The van der Waals surface area contributed by atoms with Crippen LogP contribution in [0.15, 0.2) is 24.3 Å².